The van der Waals surface area contributed by atoms with Crippen molar-refractivity contribution in [2.24, 2.45) is 0 Å². The average molecular weight is 356 g/mol. The fourth-order valence-corrected chi connectivity index (χ4v) is 3.49. The van der Waals surface area contributed by atoms with Gasteiger partial charge in [0, 0.05) is 13.3 Å². The number of aromatic nitrogens is 2. The first-order valence-corrected chi connectivity index (χ1v) is 8.51. The predicted molar refractivity (Wildman–Crippen MR) is 96.7 cm³/mol. The summed E-state index contributed by atoms with van der Waals surface area (Å²) in [5, 5.41) is 10.2. The van der Waals surface area contributed by atoms with Gasteiger partial charge in [0.1, 0.15) is 17.3 Å². The summed E-state index contributed by atoms with van der Waals surface area (Å²) in [4.78, 5) is 15.9. The SMILES string of the molecule is CCC(Cc1c(C)c(C#N)c2nc3ccccc3n2c1Cl)OC(C)=O. The van der Waals surface area contributed by atoms with Gasteiger partial charge in [-0.1, -0.05) is 30.7 Å². The molecule has 0 N–H and O–H groups in total. The van der Waals surface area contributed by atoms with Gasteiger partial charge in [-0.05, 0) is 36.6 Å². The van der Waals surface area contributed by atoms with Gasteiger partial charge in [0.25, 0.3) is 0 Å². The van der Waals surface area contributed by atoms with Crippen molar-refractivity contribution in [1.82, 2.24) is 9.38 Å². The molecule has 5 nitrogen and oxygen atoms in total. The Kier molecular flexibility index (Phi) is 4.65. The molecule has 3 rings (SSSR count). The first-order chi connectivity index (χ1) is 12.0. The molecule has 0 radical (unpaired) electrons. The lowest BCUT2D eigenvalue weighted by molar-refractivity contribution is -0.146. The Morgan fingerprint density at radius 2 is 2.16 bits per heavy atom. The number of carbonyl (C=O) groups is 1. The quantitative estimate of drug-likeness (QED) is 0.519. The van der Waals surface area contributed by atoms with E-state index in [1.54, 1.807) is 4.40 Å². The zero-order valence-corrected chi connectivity index (χ0v) is 15.1. The predicted octanol–water partition coefficient (Wildman–Crippen LogP) is 4.21. The highest BCUT2D eigenvalue weighted by atomic mass is 35.5. The van der Waals surface area contributed by atoms with Gasteiger partial charge in [-0.25, -0.2) is 4.98 Å². The summed E-state index contributed by atoms with van der Waals surface area (Å²) >= 11 is 6.71. The number of fused-ring (bicyclic) bond motifs is 3. The van der Waals surface area contributed by atoms with Crippen molar-refractivity contribution in [2.75, 3.05) is 0 Å². The van der Waals surface area contributed by atoms with E-state index in [2.05, 4.69) is 11.1 Å². The molecule has 0 fully saturated rings. The summed E-state index contributed by atoms with van der Waals surface area (Å²) in [6.07, 6.45) is 0.838. The van der Waals surface area contributed by atoms with Crippen LogP contribution in [-0.4, -0.2) is 21.5 Å². The molecule has 1 aromatic carbocycles. The van der Waals surface area contributed by atoms with Gasteiger partial charge in [-0.15, -0.1) is 0 Å². The molecule has 0 saturated heterocycles. The van der Waals surface area contributed by atoms with Gasteiger partial charge < -0.3 is 4.74 Å². The van der Waals surface area contributed by atoms with E-state index in [1.165, 1.54) is 6.92 Å². The van der Waals surface area contributed by atoms with Crippen LogP contribution in [0.1, 0.15) is 37.0 Å². The molecule has 128 valence electrons. The Labute approximate surface area is 150 Å². The number of benzene rings is 1. The number of hydrogen-bond donors (Lipinski definition) is 0. The van der Waals surface area contributed by atoms with Crippen LogP contribution in [0, 0.1) is 18.3 Å². The van der Waals surface area contributed by atoms with Crippen molar-refractivity contribution in [3.63, 3.8) is 0 Å². The molecule has 3 aromatic rings. The number of para-hydroxylation sites is 2. The maximum Gasteiger partial charge on any atom is 0.302 e. The highest BCUT2D eigenvalue weighted by molar-refractivity contribution is 6.31. The lowest BCUT2D eigenvalue weighted by Crippen LogP contribution is -2.19. The van der Waals surface area contributed by atoms with Crippen LogP contribution in [-0.2, 0) is 16.0 Å². The number of pyridine rings is 1. The van der Waals surface area contributed by atoms with Crippen LogP contribution in [0.15, 0.2) is 24.3 Å². The van der Waals surface area contributed by atoms with Crippen molar-refractivity contribution >= 4 is 34.3 Å². The van der Waals surface area contributed by atoms with E-state index in [1.807, 2.05) is 38.1 Å². The smallest absolute Gasteiger partial charge is 0.302 e. The third kappa shape index (κ3) is 2.94. The first kappa shape index (κ1) is 17.2. The Bertz CT molecular complexity index is 1020. The number of ether oxygens (including phenoxy) is 1. The van der Waals surface area contributed by atoms with E-state index in [-0.39, 0.29) is 12.1 Å². The molecule has 0 aliphatic carbocycles. The molecule has 0 amide bonds. The van der Waals surface area contributed by atoms with Crippen LogP contribution in [0.2, 0.25) is 5.15 Å². The number of halogens is 1. The van der Waals surface area contributed by atoms with Crippen LogP contribution in [0.25, 0.3) is 16.7 Å². The fraction of sp³-hybridized carbons (Fsp3) is 0.316. The topological polar surface area (TPSA) is 67.4 Å². The van der Waals surface area contributed by atoms with E-state index in [9.17, 15) is 10.1 Å². The first-order valence-electron chi connectivity index (χ1n) is 8.13. The minimum absolute atomic E-state index is 0.285. The summed E-state index contributed by atoms with van der Waals surface area (Å²) < 4.78 is 7.17. The number of rotatable bonds is 4. The monoisotopic (exact) mass is 355 g/mol. The van der Waals surface area contributed by atoms with Crippen molar-refractivity contribution in [2.45, 2.75) is 39.7 Å². The van der Waals surface area contributed by atoms with Crippen molar-refractivity contribution in [3.05, 3.63) is 46.1 Å². The van der Waals surface area contributed by atoms with E-state index >= 15 is 0 Å². The fourth-order valence-electron chi connectivity index (χ4n) is 3.10. The second kappa shape index (κ2) is 6.73. The van der Waals surface area contributed by atoms with Gasteiger partial charge in [0.2, 0.25) is 0 Å². The molecular weight excluding hydrogens is 338 g/mol. The molecule has 1 atom stereocenters. The Hall–Kier alpha value is -2.58. The molecule has 2 heterocycles. The Balaban J connectivity index is 2.27. The highest BCUT2D eigenvalue weighted by Gasteiger charge is 2.22. The number of nitrogens with zero attached hydrogens (tertiary/aromatic N) is 3. The second-order valence-electron chi connectivity index (χ2n) is 5.98. The highest BCUT2D eigenvalue weighted by Crippen LogP contribution is 2.31. The molecule has 6 heteroatoms. The van der Waals surface area contributed by atoms with Crippen molar-refractivity contribution in [3.8, 4) is 6.07 Å². The minimum atomic E-state index is -0.324. The number of imidazole rings is 1. The van der Waals surface area contributed by atoms with Gasteiger partial charge in [-0.2, -0.15) is 5.26 Å². The van der Waals surface area contributed by atoms with Gasteiger partial charge in [0.15, 0.2) is 5.65 Å². The van der Waals surface area contributed by atoms with E-state index in [0.717, 1.165) is 22.2 Å². The molecule has 0 spiro atoms. The molecule has 2 aromatic heterocycles. The molecule has 0 saturated carbocycles. The standard InChI is InChI=1S/C19H18ClN3O2/c1-4-13(25-12(3)24)9-14-11(2)15(10-21)19-22-16-7-5-6-8-17(16)23(19)18(14)20/h5-8,13H,4,9H2,1-3H3. The maximum atomic E-state index is 11.3. The van der Waals surface area contributed by atoms with Gasteiger partial charge in [0.05, 0.1) is 16.6 Å². The van der Waals surface area contributed by atoms with E-state index < -0.39 is 0 Å². The maximum absolute atomic E-state index is 11.3. The minimum Gasteiger partial charge on any atom is -0.462 e. The van der Waals surface area contributed by atoms with Crippen LogP contribution in [0.4, 0.5) is 0 Å². The molecule has 1 unspecified atom stereocenters. The molecule has 0 bridgehead atoms. The molecule has 25 heavy (non-hydrogen) atoms. The molecular formula is C19H18ClN3O2. The normalized spacial score (nSPS) is 12.3. The summed E-state index contributed by atoms with van der Waals surface area (Å²) in [7, 11) is 0. The zero-order valence-electron chi connectivity index (χ0n) is 14.3. The van der Waals surface area contributed by atoms with E-state index in [4.69, 9.17) is 16.3 Å². The number of carbonyl (C=O) groups excluding carboxylic acids is 1. The lowest BCUT2D eigenvalue weighted by Gasteiger charge is -2.19. The van der Waals surface area contributed by atoms with Gasteiger partial charge >= 0.3 is 5.97 Å². The van der Waals surface area contributed by atoms with E-state index in [0.29, 0.717) is 29.2 Å². The van der Waals surface area contributed by atoms with Crippen molar-refractivity contribution < 1.29 is 9.53 Å². The number of esters is 1. The van der Waals surface area contributed by atoms with Crippen LogP contribution >= 0.6 is 11.6 Å². The Morgan fingerprint density at radius 1 is 1.44 bits per heavy atom. The summed E-state index contributed by atoms with van der Waals surface area (Å²) in [6.45, 7) is 5.21. The Morgan fingerprint density at radius 3 is 2.80 bits per heavy atom. The van der Waals surface area contributed by atoms with Crippen molar-refractivity contribution in [1.29, 1.82) is 5.26 Å². The van der Waals surface area contributed by atoms with Gasteiger partial charge in [-0.3, -0.25) is 9.20 Å². The lowest BCUT2D eigenvalue weighted by atomic mass is 9.99. The van der Waals surface area contributed by atoms with Crippen LogP contribution in [0.3, 0.4) is 0 Å². The molecule has 0 aliphatic rings. The second-order valence-corrected chi connectivity index (χ2v) is 6.34. The zero-order chi connectivity index (χ0) is 18.1. The van der Waals surface area contributed by atoms with Crippen LogP contribution < -0.4 is 0 Å². The molecule has 0 aliphatic heterocycles. The third-order valence-electron chi connectivity index (χ3n) is 4.39. The summed E-state index contributed by atoms with van der Waals surface area (Å²) in [6, 6.07) is 9.87. The number of nitriles is 1. The summed E-state index contributed by atoms with van der Waals surface area (Å²) in [5.41, 5.74) is 4.26. The summed E-state index contributed by atoms with van der Waals surface area (Å²) in [5.74, 6) is -0.324. The largest absolute Gasteiger partial charge is 0.462 e. The third-order valence-corrected chi connectivity index (χ3v) is 4.79. The average Bonchev–Trinajstić information content (AvgIpc) is 2.96. The number of hydrogen-bond acceptors (Lipinski definition) is 4. The van der Waals surface area contributed by atoms with Crippen LogP contribution in [0.5, 0.6) is 0 Å².